The van der Waals surface area contributed by atoms with Gasteiger partial charge in [-0.15, -0.1) is 0 Å². The van der Waals surface area contributed by atoms with Crippen LogP contribution in [0.15, 0.2) is 18.3 Å². The van der Waals surface area contributed by atoms with Gasteiger partial charge >= 0.3 is 0 Å². The first kappa shape index (κ1) is 27.5. The smallest absolute Gasteiger partial charge is 0.274 e. The highest BCUT2D eigenvalue weighted by molar-refractivity contribution is 6.31. The molecule has 2 aromatic heterocycles. The number of rotatable bonds is 8. The molecule has 1 spiro atoms. The molecule has 0 bridgehead atoms. The molecule has 11 heteroatoms. The quantitative estimate of drug-likeness (QED) is 0.518. The Hall–Kier alpha value is -2.69. The number of carbonyl (C=O) groups is 2. The maximum absolute atomic E-state index is 13.7. The lowest BCUT2D eigenvalue weighted by Gasteiger charge is -2.40. The fourth-order valence-corrected chi connectivity index (χ4v) is 6.82. The van der Waals surface area contributed by atoms with Gasteiger partial charge in [0.15, 0.2) is 5.69 Å². The Morgan fingerprint density at radius 3 is 2.62 bits per heavy atom. The first-order valence-corrected chi connectivity index (χ1v) is 15.0. The van der Waals surface area contributed by atoms with E-state index in [9.17, 15) is 9.59 Å². The van der Waals surface area contributed by atoms with Gasteiger partial charge in [0.25, 0.3) is 5.91 Å². The van der Waals surface area contributed by atoms with E-state index in [0.29, 0.717) is 42.8 Å². The summed E-state index contributed by atoms with van der Waals surface area (Å²) in [5.74, 6) is 0.463. The standard InChI is InChI=1S/C29H38ClN5O5/c30-23-5-3-12-31-27(23)40-21-9-15-34(29(18-21)10-11-29)25(37)19-35-24-6-2-1-4-22(24)26(32-35)28(38)33-13-7-20(8-14-33)39-17-16-36/h3,5,12,20-21,36H,1-2,4,6-11,13-19H2/t21-/m0/s1. The molecule has 2 aliphatic carbocycles. The van der Waals surface area contributed by atoms with Crippen molar-refractivity contribution in [2.75, 3.05) is 32.8 Å². The molecule has 2 aliphatic heterocycles. The van der Waals surface area contributed by atoms with E-state index in [1.54, 1.807) is 18.3 Å². The molecule has 4 heterocycles. The number of ether oxygens (including phenoxy) is 2. The van der Waals surface area contributed by atoms with Crippen LogP contribution in [0.1, 0.15) is 73.1 Å². The van der Waals surface area contributed by atoms with Gasteiger partial charge in [-0.05, 0) is 63.5 Å². The molecule has 0 radical (unpaired) electrons. The fourth-order valence-electron chi connectivity index (χ4n) is 6.65. The molecule has 10 nitrogen and oxygen atoms in total. The minimum Gasteiger partial charge on any atom is -0.473 e. The summed E-state index contributed by atoms with van der Waals surface area (Å²) in [6.45, 7) is 2.34. The van der Waals surface area contributed by atoms with Gasteiger partial charge in [0, 0.05) is 55.5 Å². The molecule has 2 aromatic rings. The Bertz CT molecular complexity index is 1240. The summed E-state index contributed by atoms with van der Waals surface area (Å²) < 4.78 is 13.6. The van der Waals surface area contributed by atoms with Gasteiger partial charge in [-0.1, -0.05) is 11.6 Å². The summed E-state index contributed by atoms with van der Waals surface area (Å²) >= 11 is 6.25. The number of fused-ring (bicyclic) bond motifs is 1. The van der Waals surface area contributed by atoms with E-state index in [4.69, 9.17) is 31.3 Å². The summed E-state index contributed by atoms with van der Waals surface area (Å²) in [5.41, 5.74) is 2.40. The lowest BCUT2D eigenvalue weighted by atomic mass is 9.95. The third kappa shape index (κ3) is 5.58. The Morgan fingerprint density at radius 1 is 1.10 bits per heavy atom. The van der Waals surface area contributed by atoms with Crippen LogP contribution >= 0.6 is 11.6 Å². The van der Waals surface area contributed by atoms with Crippen molar-refractivity contribution in [2.24, 2.45) is 0 Å². The van der Waals surface area contributed by atoms with Crippen LogP contribution in [-0.2, 0) is 28.9 Å². The molecule has 3 fully saturated rings. The van der Waals surface area contributed by atoms with Crippen molar-refractivity contribution >= 4 is 23.4 Å². The van der Waals surface area contributed by atoms with E-state index >= 15 is 0 Å². The number of aliphatic hydroxyl groups is 1. The van der Waals surface area contributed by atoms with Crippen LogP contribution in [0.25, 0.3) is 0 Å². The van der Waals surface area contributed by atoms with Crippen LogP contribution in [0, 0.1) is 0 Å². The number of nitrogens with zero attached hydrogens (tertiary/aromatic N) is 5. The molecule has 40 heavy (non-hydrogen) atoms. The van der Waals surface area contributed by atoms with Crippen molar-refractivity contribution in [3.63, 3.8) is 0 Å². The predicted octanol–water partition coefficient (Wildman–Crippen LogP) is 3.03. The van der Waals surface area contributed by atoms with Gasteiger partial charge in [0.05, 0.1) is 19.3 Å². The molecule has 2 amide bonds. The molecule has 1 atom stereocenters. The second kappa shape index (κ2) is 11.7. The molecule has 216 valence electrons. The number of aromatic nitrogens is 3. The third-order valence-corrected chi connectivity index (χ3v) is 9.19. The maximum atomic E-state index is 13.7. The molecule has 4 aliphatic rings. The van der Waals surface area contributed by atoms with Crippen molar-refractivity contribution in [3.8, 4) is 5.88 Å². The minimum absolute atomic E-state index is 0.00832. The van der Waals surface area contributed by atoms with Gasteiger partial charge < -0.3 is 24.4 Å². The lowest BCUT2D eigenvalue weighted by Crippen LogP contribution is -2.51. The van der Waals surface area contributed by atoms with Gasteiger partial charge in [-0.25, -0.2) is 4.98 Å². The molecule has 1 saturated carbocycles. The zero-order valence-electron chi connectivity index (χ0n) is 22.9. The number of aliphatic hydroxyl groups excluding tert-OH is 1. The average Bonchev–Trinajstić information content (AvgIpc) is 3.64. The van der Waals surface area contributed by atoms with Gasteiger partial charge in [0.2, 0.25) is 11.8 Å². The van der Waals surface area contributed by atoms with Crippen LogP contribution in [-0.4, -0.2) is 92.1 Å². The van der Waals surface area contributed by atoms with Crippen molar-refractivity contribution in [1.82, 2.24) is 24.6 Å². The van der Waals surface area contributed by atoms with Crippen LogP contribution in [0.5, 0.6) is 5.88 Å². The van der Waals surface area contributed by atoms with Gasteiger partial charge in [-0.3, -0.25) is 14.3 Å². The Labute approximate surface area is 239 Å². The molecular formula is C29H38ClN5O5. The summed E-state index contributed by atoms with van der Waals surface area (Å²) in [6, 6.07) is 3.55. The highest BCUT2D eigenvalue weighted by atomic mass is 35.5. The largest absolute Gasteiger partial charge is 0.473 e. The van der Waals surface area contributed by atoms with E-state index in [0.717, 1.165) is 75.5 Å². The van der Waals surface area contributed by atoms with E-state index < -0.39 is 0 Å². The lowest BCUT2D eigenvalue weighted by molar-refractivity contribution is -0.138. The van der Waals surface area contributed by atoms with Crippen LogP contribution in [0.3, 0.4) is 0 Å². The van der Waals surface area contributed by atoms with E-state index in [2.05, 4.69) is 4.98 Å². The van der Waals surface area contributed by atoms with Gasteiger partial charge in [0.1, 0.15) is 17.7 Å². The van der Waals surface area contributed by atoms with E-state index in [1.165, 1.54) is 0 Å². The predicted molar refractivity (Wildman–Crippen MR) is 147 cm³/mol. The summed E-state index contributed by atoms with van der Waals surface area (Å²) in [5, 5.41) is 14.3. The number of pyridine rings is 1. The molecule has 0 unspecified atom stereocenters. The molecule has 6 rings (SSSR count). The highest BCUT2D eigenvalue weighted by Crippen LogP contribution is 2.49. The zero-order valence-corrected chi connectivity index (χ0v) is 23.7. The minimum atomic E-state index is -0.171. The highest BCUT2D eigenvalue weighted by Gasteiger charge is 2.54. The number of piperidine rings is 2. The SMILES string of the molecule is O=C(c1nn(CC(=O)N2CC[C@H](Oc3ncccc3Cl)CC23CC3)c2c1CCCC2)N1CCC(OCCO)CC1. The molecule has 1 N–H and O–H groups in total. The van der Waals surface area contributed by atoms with Crippen molar-refractivity contribution in [1.29, 1.82) is 0 Å². The maximum Gasteiger partial charge on any atom is 0.274 e. The van der Waals surface area contributed by atoms with Crippen molar-refractivity contribution < 1.29 is 24.2 Å². The molecule has 2 saturated heterocycles. The van der Waals surface area contributed by atoms with E-state index in [1.807, 2.05) is 14.5 Å². The monoisotopic (exact) mass is 571 g/mol. The summed E-state index contributed by atoms with van der Waals surface area (Å²) in [4.78, 5) is 35.4. The van der Waals surface area contributed by atoms with Crippen LogP contribution < -0.4 is 4.74 Å². The third-order valence-electron chi connectivity index (χ3n) is 8.90. The Balaban J connectivity index is 1.12. The number of halogens is 1. The normalized spacial score (nSPS) is 22.3. The molecule has 0 aromatic carbocycles. The number of carbonyl (C=O) groups excluding carboxylic acids is 2. The first-order valence-electron chi connectivity index (χ1n) is 14.7. The van der Waals surface area contributed by atoms with Crippen molar-refractivity contribution in [3.05, 3.63) is 40.3 Å². The first-order chi connectivity index (χ1) is 19.5. The Kier molecular flexibility index (Phi) is 8.01. The zero-order chi connectivity index (χ0) is 27.7. The number of amides is 2. The van der Waals surface area contributed by atoms with E-state index in [-0.39, 0.29) is 42.7 Å². The number of hydrogen-bond donors (Lipinski definition) is 1. The summed E-state index contributed by atoms with van der Waals surface area (Å²) in [7, 11) is 0. The second-order valence-corrected chi connectivity index (χ2v) is 11.9. The fraction of sp³-hybridized carbons (Fsp3) is 0.655. The number of likely N-dealkylation sites (tertiary alicyclic amines) is 2. The van der Waals surface area contributed by atoms with Crippen LogP contribution in [0.4, 0.5) is 0 Å². The summed E-state index contributed by atoms with van der Waals surface area (Å²) in [6.07, 6.45) is 10.4. The molecular weight excluding hydrogens is 534 g/mol. The number of hydrogen-bond acceptors (Lipinski definition) is 7. The average molecular weight is 572 g/mol. The van der Waals surface area contributed by atoms with Crippen molar-refractivity contribution in [2.45, 2.75) is 88.5 Å². The van der Waals surface area contributed by atoms with Crippen LogP contribution in [0.2, 0.25) is 5.02 Å². The van der Waals surface area contributed by atoms with Gasteiger partial charge in [-0.2, -0.15) is 5.10 Å². The topological polar surface area (TPSA) is 110 Å². The second-order valence-electron chi connectivity index (χ2n) is 11.5. The Morgan fingerprint density at radius 2 is 1.88 bits per heavy atom.